The molecule has 8 heteroatoms. The molecule has 3 unspecified atom stereocenters. The normalized spacial score (nSPS) is 24.6. The van der Waals surface area contributed by atoms with E-state index in [1.54, 1.807) is 0 Å². The van der Waals surface area contributed by atoms with E-state index in [4.69, 9.17) is 13.8 Å². The summed E-state index contributed by atoms with van der Waals surface area (Å²) in [5.74, 6) is -1.93. The second-order valence-corrected chi connectivity index (χ2v) is 7.38. The molecule has 1 aliphatic carbocycles. The molecule has 0 aliphatic heterocycles. The molecule has 0 aromatic heterocycles. The Morgan fingerprint density at radius 3 is 2.24 bits per heavy atom. The maximum atomic E-state index is 12.4. The van der Waals surface area contributed by atoms with Crippen LogP contribution < -0.4 is 0 Å². The molecular formula is C13H25O7P. The van der Waals surface area contributed by atoms with Gasteiger partial charge in [-0.25, -0.2) is 4.79 Å². The number of esters is 1. The fourth-order valence-electron chi connectivity index (χ4n) is 2.61. The number of hydrogen-bond acceptors (Lipinski definition) is 7. The van der Waals surface area contributed by atoms with E-state index < -0.39 is 19.4 Å². The van der Waals surface area contributed by atoms with Crippen molar-refractivity contribution in [2.75, 3.05) is 34.5 Å². The molecule has 1 N–H and O–H groups in total. The molecule has 0 bridgehead atoms. The standard InChI is InChI=1S/C13H25O7P/c1-17-12(15)13(21(16,18-2)19-3)20-9-11-7-5-4-6-10(11)8-14/h10-11,13-14H,4-9H2,1-3H3. The molecule has 1 saturated carbocycles. The lowest BCUT2D eigenvalue weighted by atomic mass is 9.80. The highest BCUT2D eigenvalue weighted by Gasteiger charge is 2.43. The molecule has 1 fully saturated rings. The van der Waals surface area contributed by atoms with Gasteiger partial charge in [0.05, 0.1) is 13.7 Å². The largest absolute Gasteiger partial charge is 0.467 e. The molecule has 0 aromatic carbocycles. The lowest BCUT2D eigenvalue weighted by Gasteiger charge is -2.31. The molecule has 0 aromatic rings. The van der Waals surface area contributed by atoms with Crippen molar-refractivity contribution in [3.63, 3.8) is 0 Å². The molecule has 0 amide bonds. The Labute approximate surface area is 125 Å². The SMILES string of the molecule is COC(=O)C(OCC1CCCCC1CO)P(=O)(OC)OC. The lowest BCUT2D eigenvalue weighted by molar-refractivity contribution is -0.151. The zero-order valence-corrected chi connectivity index (χ0v) is 13.7. The van der Waals surface area contributed by atoms with Crippen LogP contribution in [-0.4, -0.2) is 51.5 Å². The number of hydrogen-bond donors (Lipinski definition) is 1. The Balaban J connectivity index is 2.73. The van der Waals surface area contributed by atoms with Gasteiger partial charge in [0.15, 0.2) is 0 Å². The summed E-state index contributed by atoms with van der Waals surface area (Å²) in [6.07, 6.45) is 3.97. The van der Waals surface area contributed by atoms with Gasteiger partial charge in [0.1, 0.15) is 0 Å². The maximum Gasteiger partial charge on any atom is 0.370 e. The summed E-state index contributed by atoms with van der Waals surface area (Å²) in [6, 6.07) is 0. The minimum absolute atomic E-state index is 0.0864. The smallest absolute Gasteiger partial charge is 0.370 e. The van der Waals surface area contributed by atoms with E-state index in [0.29, 0.717) is 0 Å². The van der Waals surface area contributed by atoms with Crippen LogP contribution in [0.3, 0.4) is 0 Å². The van der Waals surface area contributed by atoms with E-state index in [0.717, 1.165) is 25.7 Å². The Morgan fingerprint density at radius 1 is 1.19 bits per heavy atom. The highest BCUT2D eigenvalue weighted by molar-refractivity contribution is 7.55. The second kappa shape index (κ2) is 8.86. The number of carbonyl (C=O) groups is 1. The summed E-state index contributed by atoms with van der Waals surface area (Å²) < 4.78 is 32.1. The highest BCUT2D eigenvalue weighted by Crippen LogP contribution is 2.52. The van der Waals surface area contributed by atoms with Crippen LogP contribution in [0, 0.1) is 11.8 Å². The van der Waals surface area contributed by atoms with Gasteiger partial charge in [0, 0.05) is 20.8 Å². The summed E-state index contributed by atoms with van der Waals surface area (Å²) in [5, 5.41) is 9.38. The zero-order valence-electron chi connectivity index (χ0n) is 12.8. The molecule has 124 valence electrons. The predicted octanol–water partition coefficient (Wildman–Crippen LogP) is 1.79. The number of ether oxygens (including phenoxy) is 2. The van der Waals surface area contributed by atoms with E-state index in [1.807, 2.05) is 0 Å². The Morgan fingerprint density at radius 2 is 1.76 bits per heavy atom. The van der Waals surface area contributed by atoms with Crippen LogP contribution in [0.5, 0.6) is 0 Å². The third kappa shape index (κ3) is 4.76. The number of aliphatic hydroxyl groups is 1. The summed E-state index contributed by atoms with van der Waals surface area (Å²) >= 11 is 0. The molecule has 21 heavy (non-hydrogen) atoms. The van der Waals surface area contributed by atoms with E-state index in [9.17, 15) is 14.5 Å². The van der Waals surface area contributed by atoms with Gasteiger partial charge in [0.2, 0.25) is 0 Å². The summed E-state index contributed by atoms with van der Waals surface area (Å²) in [4.78, 5) is 11.8. The topological polar surface area (TPSA) is 91.3 Å². The zero-order chi connectivity index (χ0) is 15.9. The van der Waals surface area contributed by atoms with Gasteiger partial charge in [-0.1, -0.05) is 12.8 Å². The molecule has 0 radical (unpaired) electrons. The third-order valence-electron chi connectivity index (χ3n) is 3.97. The number of carbonyl (C=O) groups excluding carboxylic acids is 1. The lowest BCUT2D eigenvalue weighted by Crippen LogP contribution is -2.33. The second-order valence-electron chi connectivity index (χ2n) is 5.10. The minimum Gasteiger partial charge on any atom is -0.467 e. The summed E-state index contributed by atoms with van der Waals surface area (Å²) in [6.45, 7) is 0.296. The van der Waals surface area contributed by atoms with Gasteiger partial charge < -0.3 is 23.6 Å². The Kier molecular flexibility index (Phi) is 7.84. The van der Waals surface area contributed by atoms with Crippen LogP contribution in [0.2, 0.25) is 0 Å². The van der Waals surface area contributed by atoms with Crippen molar-refractivity contribution in [3.8, 4) is 0 Å². The highest BCUT2D eigenvalue weighted by atomic mass is 31.2. The van der Waals surface area contributed by atoms with Gasteiger partial charge in [-0.15, -0.1) is 0 Å². The molecule has 7 nitrogen and oxygen atoms in total. The predicted molar refractivity (Wildman–Crippen MR) is 75.9 cm³/mol. The van der Waals surface area contributed by atoms with Crippen LogP contribution in [0.4, 0.5) is 0 Å². The Bertz CT molecular complexity index is 366. The van der Waals surface area contributed by atoms with Crippen molar-refractivity contribution in [1.82, 2.24) is 0 Å². The first kappa shape index (κ1) is 18.6. The first-order valence-corrected chi connectivity index (χ1v) is 8.65. The molecule has 3 atom stereocenters. The van der Waals surface area contributed by atoms with Gasteiger partial charge in [-0.05, 0) is 24.7 Å². The molecule has 0 spiro atoms. The van der Waals surface area contributed by atoms with E-state index >= 15 is 0 Å². The molecule has 1 aliphatic rings. The van der Waals surface area contributed by atoms with Gasteiger partial charge >= 0.3 is 13.6 Å². The monoisotopic (exact) mass is 324 g/mol. The van der Waals surface area contributed by atoms with Crippen LogP contribution in [-0.2, 0) is 27.9 Å². The number of aliphatic hydroxyl groups excluding tert-OH is 1. The minimum atomic E-state index is -3.72. The van der Waals surface area contributed by atoms with Crippen LogP contribution in [0.25, 0.3) is 0 Å². The van der Waals surface area contributed by atoms with E-state index in [1.165, 1.54) is 21.3 Å². The molecular weight excluding hydrogens is 299 g/mol. The summed E-state index contributed by atoms with van der Waals surface area (Å²) in [5.41, 5.74) is 0. The quantitative estimate of drug-likeness (QED) is 0.537. The Hall–Kier alpha value is -0.460. The average Bonchev–Trinajstić information content (AvgIpc) is 2.54. The summed E-state index contributed by atoms with van der Waals surface area (Å²) in [7, 11) is -0.143. The number of methoxy groups -OCH3 is 1. The fraction of sp³-hybridized carbons (Fsp3) is 0.923. The van der Waals surface area contributed by atoms with Crippen molar-refractivity contribution in [2.24, 2.45) is 11.8 Å². The van der Waals surface area contributed by atoms with E-state index in [-0.39, 0.29) is 25.0 Å². The first-order valence-electron chi connectivity index (χ1n) is 7.03. The third-order valence-corrected chi connectivity index (χ3v) is 5.92. The van der Waals surface area contributed by atoms with Crippen LogP contribution >= 0.6 is 7.60 Å². The van der Waals surface area contributed by atoms with Crippen molar-refractivity contribution in [1.29, 1.82) is 0 Å². The average molecular weight is 324 g/mol. The van der Waals surface area contributed by atoms with Crippen LogP contribution in [0.1, 0.15) is 25.7 Å². The van der Waals surface area contributed by atoms with Crippen molar-refractivity contribution in [3.05, 3.63) is 0 Å². The van der Waals surface area contributed by atoms with Gasteiger partial charge in [-0.2, -0.15) is 0 Å². The van der Waals surface area contributed by atoms with E-state index in [2.05, 4.69) is 4.74 Å². The van der Waals surface area contributed by atoms with Crippen molar-refractivity contribution >= 4 is 13.6 Å². The van der Waals surface area contributed by atoms with Crippen molar-refractivity contribution in [2.45, 2.75) is 31.5 Å². The van der Waals surface area contributed by atoms with Crippen LogP contribution in [0.15, 0.2) is 0 Å². The molecule has 0 heterocycles. The van der Waals surface area contributed by atoms with Crippen molar-refractivity contribution < 1.29 is 33.0 Å². The molecule has 0 saturated heterocycles. The van der Waals surface area contributed by atoms with Gasteiger partial charge in [-0.3, -0.25) is 4.57 Å². The molecule has 1 rings (SSSR count). The van der Waals surface area contributed by atoms with Gasteiger partial charge in [0.25, 0.3) is 5.85 Å². The first-order chi connectivity index (χ1) is 10.0. The fourth-order valence-corrected chi connectivity index (χ4v) is 3.78. The number of rotatable bonds is 8. The maximum absolute atomic E-state index is 12.4.